The molecule has 0 radical (unpaired) electrons. The third-order valence-electron chi connectivity index (χ3n) is 5.89. The summed E-state index contributed by atoms with van der Waals surface area (Å²) in [5.74, 6) is 2.20. The number of benzene rings is 2. The highest BCUT2D eigenvalue weighted by molar-refractivity contribution is 7.98. The summed E-state index contributed by atoms with van der Waals surface area (Å²) in [6.07, 6.45) is 1.78. The summed E-state index contributed by atoms with van der Waals surface area (Å²) in [4.78, 5) is 14.3. The first-order chi connectivity index (χ1) is 19.9. The second kappa shape index (κ2) is 11.6. The molecule has 41 heavy (non-hydrogen) atoms. The Labute approximate surface area is 240 Å². The number of rotatable bonds is 9. The summed E-state index contributed by atoms with van der Waals surface area (Å²) < 4.78 is 39.4. The summed E-state index contributed by atoms with van der Waals surface area (Å²) in [5.41, 5.74) is 2.73. The van der Waals surface area contributed by atoms with Crippen molar-refractivity contribution in [2.75, 3.05) is 0 Å². The zero-order valence-corrected chi connectivity index (χ0v) is 23.3. The van der Waals surface area contributed by atoms with Crippen molar-refractivity contribution in [1.29, 1.82) is 0 Å². The lowest BCUT2D eigenvalue weighted by Crippen LogP contribution is -1.98. The van der Waals surface area contributed by atoms with Crippen molar-refractivity contribution in [3.05, 3.63) is 89.6 Å². The van der Waals surface area contributed by atoms with E-state index in [-0.39, 0.29) is 23.4 Å². The van der Waals surface area contributed by atoms with Crippen molar-refractivity contribution in [3.8, 4) is 34.4 Å². The van der Waals surface area contributed by atoms with Gasteiger partial charge in [-0.1, -0.05) is 34.2 Å². The Morgan fingerprint density at radius 3 is 2.00 bits per heavy atom. The molecule has 4 heterocycles. The first kappa shape index (κ1) is 26.8. The number of aryl methyl sites for hydroxylation is 1. The average Bonchev–Trinajstić information content (AvgIpc) is 3.72. The smallest absolute Gasteiger partial charge is 0.258 e. The van der Waals surface area contributed by atoms with Crippen LogP contribution in [0.5, 0.6) is 0 Å². The first-order valence-electron chi connectivity index (χ1n) is 12.2. The van der Waals surface area contributed by atoms with Crippen LogP contribution in [0.15, 0.2) is 79.9 Å². The van der Waals surface area contributed by atoms with E-state index < -0.39 is 0 Å². The van der Waals surface area contributed by atoms with Crippen molar-refractivity contribution in [1.82, 2.24) is 40.0 Å². The van der Waals surface area contributed by atoms with Crippen LogP contribution >= 0.6 is 23.5 Å². The van der Waals surface area contributed by atoms with Crippen LogP contribution in [0.3, 0.4) is 0 Å². The number of thioether (sulfide) groups is 2. The molecule has 14 heteroatoms. The fourth-order valence-electron chi connectivity index (χ4n) is 3.85. The molecule has 6 aromatic rings. The van der Waals surface area contributed by atoms with E-state index in [1.807, 2.05) is 24.6 Å². The molecule has 0 unspecified atom stereocenters. The molecule has 0 saturated heterocycles. The largest absolute Gasteiger partial charge is 0.334 e. The molecule has 2 aromatic carbocycles. The predicted molar refractivity (Wildman–Crippen MR) is 147 cm³/mol. The van der Waals surface area contributed by atoms with Gasteiger partial charge in [0.15, 0.2) is 22.6 Å². The maximum atomic E-state index is 13.5. The quantitative estimate of drug-likeness (QED) is 0.180. The van der Waals surface area contributed by atoms with Crippen molar-refractivity contribution in [2.45, 2.75) is 28.5 Å². The molecular formula is C27H20F2N8O2S2. The monoisotopic (exact) mass is 590 g/mol. The Bertz CT molecular complexity index is 1840. The fraction of sp³-hybridized carbons (Fsp3) is 0.148. The lowest BCUT2D eigenvalue weighted by Gasteiger charge is -2.07. The highest BCUT2D eigenvalue weighted by Gasteiger charge is 2.17. The summed E-state index contributed by atoms with van der Waals surface area (Å²) in [6, 6.07) is 14.0. The third kappa shape index (κ3) is 6.02. The fourth-order valence-corrected chi connectivity index (χ4v) is 5.42. The molecule has 0 aliphatic heterocycles. The Morgan fingerprint density at radius 2 is 1.41 bits per heavy atom. The zero-order chi connectivity index (χ0) is 28.3. The van der Waals surface area contributed by atoms with Gasteiger partial charge in [-0.05, 0) is 55.0 Å². The van der Waals surface area contributed by atoms with Crippen LogP contribution in [-0.4, -0.2) is 40.0 Å². The summed E-state index contributed by atoms with van der Waals surface area (Å²) >= 11 is 2.92. The highest BCUT2D eigenvalue weighted by atomic mass is 32.2. The molecule has 0 aliphatic carbocycles. The molecule has 0 spiro atoms. The first-order valence-corrected chi connectivity index (χ1v) is 14.2. The minimum absolute atomic E-state index is 0.253. The predicted octanol–water partition coefficient (Wildman–Crippen LogP) is 6.15. The van der Waals surface area contributed by atoms with Crippen LogP contribution in [0.1, 0.15) is 17.2 Å². The molecule has 10 nitrogen and oxygen atoms in total. The number of pyridine rings is 1. The lowest BCUT2D eigenvalue weighted by molar-refractivity contribution is 0.424. The van der Waals surface area contributed by atoms with E-state index in [1.54, 1.807) is 30.5 Å². The van der Waals surface area contributed by atoms with Gasteiger partial charge in [-0.25, -0.2) is 8.78 Å². The second-order valence-electron chi connectivity index (χ2n) is 8.83. The normalized spacial score (nSPS) is 11.3. The van der Waals surface area contributed by atoms with Gasteiger partial charge in [0, 0.05) is 29.3 Å². The lowest BCUT2D eigenvalue weighted by atomic mass is 10.2. The maximum absolute atomic E-state index is 13.5. The van der Waals surface area contributed by atoms with E-state index in [1.165, 1.54) is 47.8 Å². The van der Waals surface area contributed by atoms with E-state index in [0.717, 1.165) is 10.5 Å². The molecule has 0 bridgehead atoms. The molecule has 6 rings (SSSR count). The minimum Gasteiger partial charge on any atom is -0.334 e. The van der Waals surface area contributed by atoms with Crippen molar-refractivity contribution in [2.24, 2.45) is 7.05 Å². The van der Waals surface area contributed by atoms with Gasteiger partial charge in [0.2, 0.25) is 0 Å². The topological polar surface area (TPSA) is 121 Å². The second-order valence-corrected chi connectivity index (χ2v) is 10.8. The molecule has 0 N–H and O–H groups in total. The SMILES string of the molecule is Cc1cc(-c2nnc(SCc3noc(-c4cccc(F)c4)n3)n2C)ncc1SCc1noc(-c2cccc(F)c2)n1. The van der Waals surface area contributed by atoms with Crippen molar-refractivity contribution >= 4 is 23.5 Å². The van der Waals surface area contributed by atoms with Gasteiger partial charge in [0.1, 0.15) is 17.3 Å². The molecule has 0 amide bonds. The van der Waals surface area contributed by atoms with Crippen LogP contribution in [0.25, 0.3) is 34.4 Å². The summed E-state index contributed by atoms with van der Waals surface area (Å²) in [7, 11) is 1.86. The van der Waals surface area contributed by atoms with Gasteiger partial charge in [0.05, 0.1) is 11.5 Å². The Balaban J connectivity index is 1.09. The van der Waals surface area contributed by atoms with Crippen molar-refractivity contribution < 1.29 is 17.8 Å². The number of hydrogen-bond donors (Lipinski definition) is 0. The van der Waals surface area contributed by atoms with Crippen LogP contribution in [-0.2, 0) is 18.6 Å². The minimum atomic E-state index is -0.373. The van der Waals surface area contributed by atoms with E-state index >= 15 is 0 Å². The average molecular weight is 591 g/mol. The summed E-state index contributed by atoms with van der Waals surface area (Å²) in [5, 5.41) is 17.2. The van der Waals surface area contributed by atoms with Gasteiger partial charge >= 0.3 is 0 Å². The maximum Gasteiger partial charge on any atom is 0.258 e. The van der Waals surface area contributed by atoms with E-state index in [0.29, 0.717) is 51.0 Å². The van der Waals surface area contributed by atoms with Gasteiger partial charge in [-0.2, -0.15) is 9.97 Å². The van der Waals surface area contributed by atoms with Gasteiger partial charge in [0.25, 0.3) is 11.8 Å². The highest BCUT2D eigenvalue weighted by Crippen LogP contribution is 2.30. The molecule has 0 aliphatic rings. The summed E-state index contributed by atoms with van der Waals surface area (Å²) in [6.45, 7) is 1.99. The Kier molecular flexibility index (Phi) is 7.57. The van der Waals surface area contributed by atoms with Crippen LogP contribution in [0.2, 0.25) is 0 Å². The van der Waals surface area contributed by atoms with Crippen LogP contribution in [0.4, 0.5) is 8.78 Å². The molecule has 0 saturated carbocycles. The van der Waals surface area contributed by atoms with E-state index in [9.17, 15) is 8.78 Å². The number of nitrogens with zero attached hydrogens (tertiary/aromatic N) is 8. The van der Waals surface area contributed by atoms with E-state index in [4.69, 9.17) is 9.05 Å². The van der Waals surface area contributed by atoms with Crippen molar-refractivity contribution in [3.63, 3.8) is 0 Å². The Hall–Kier alpha value is -4.43. The molecule has 4 aromatic heterocycles. The van der Waals surface area contributed by atoms with Crippen LogP contribution < -0.4 is 0 Å². The third-order valence-corrected chi connectivity index (χ3v) is 8.05. The number of hydrogen-bond acceptors (Lipinski definition) is 11. The van der Waals surface area contributed by atoms with Gasteiger partial charge in [-0.3, -0.25) is 4.98 Å². The molecule has 0 fully saturated rings. The van der Waals surface area contributed by atoms with Gasteiger partial charge < -0.3 is 13.6 Å². The van der Waals surface area contributed by atoms with E-state index in [2.05, 4.69) is 35.5 Å². The zero-order valence-electron chi connectivity index (χ0n) is 21.7. The van der Waals surface area contributed by atoms with Gasteiger partial charge in [-0.15, -0.1) is 22.0 Å². The number of aromatic nitrogens is 8. The molecular weight excluding hydrogens is 570 g/mol. The number of halogens is 2. The van der Waals surface area contributed by atoms with Crippen LogP contribution in [0, 0.1) is 18.6 Å². The Morgan fingerprint density at radius 1 is 0.805 bits per heavy atom. The molecule has 206 valence electrons. The molecule has 0 atom stereocenters. The standard InChI is InChI=1S/C27H20F2N8O2S2/c1-15-9-20(30-12-21(15)40-13-22-31-25(38-35-22)16-5-3-7-18(28)10-16)24-33-34-27(37(24)2)41-14-23-32-26(39-36-23)17-6-4-8-19(29)11-17/h3-12H,13-14H2,1-2H3.